The second-order valence-corrected chi connectivity index (χ2v) is 6.77. The van der Waals surface area contributed by atoms with Crippen molar-refractivity contribution in [3.05, 3.63) is 58.0 Å². The summed E-state index contributed by atoms with van der Waals surface area (Å²) in [5.41, 5.74) is 0.235. The SMILES string of the molecule is O=C(Nc1cccc(Cl)c1)C1(C(=O)Nc2ccccc2Br)CC1. The Morgan fingerprint density at radius 3 is 2.35 bits per heavy atom. The maximum absolute atomic E-state index is 12.5. The summed E-state index contributed by atoms with van der Waals surface area (Å²) in [4.78, 5) is 25.0. The molecule has 118 valence electrons. The van der Waals surface area contributed by atoms with Crippen LogP contribution in [0.1, 0.15) is 12.8 Å². The maximum Gasteiger partial charge on any atom is 0.240 e. The second kappa shape index (κ2) is 6.34. The van der Waals surface area contributed by atoms with Gasteiger partial charge < -0.3 is 10.6 Å². The summed E-state index contributed by atoms with van der Waals surface area (Å²) in [5, 5.41) is 6.12. The number of hydrogen-bond acceptors (Lipinski definition) is 2. The molecule has 2 aromatic rings. The van der Waals surface area contributed by atoms with Crippen molar-refractivity contribution < 1.29 is 9.59 Å². The molecule has 4 nitrogen and oxygen atoms in total. The van der Waals surface area contributed by atoms with Crippen molar-refractivity contribution in [1.29, 1.82) is 0 Å². The Hall–Kier alpha value is -1.85. The number of anilines is 2. The highest BCUT2D eigenvalue weighted by molar-refractivity contribution is 9.10. The van der Waals surface area contributed by atoms with Crippen LogP contribution in [0.15, 0.2) is 53.0 Å². The molecule has 1 saturated carbocycles. The molecule has 0 spiro atoms. The van der Waals surface area contributed by atoms with Crippen molar-refractivity contribution in [1.82, 2.24) is 0 Å². The van der Waals surface area contributed by atoms with Crippen molar-refractivity contribution in [2.75, 3.05) is 10.6 Å². The Labute approximate surface area is 147 Å². The van der Waals surface area contributed by atoms with Gasteiger partial charge in [-0.1, -0.05) is 29.8 Å². The normalized spacial score (nSPS) is 14.9. The largest absolute Gasteiger partial charge is 0.325 e. The van der Waals surface area contributed by atoms with Gasteiger partial charge in [0.05, 0.1) is 5.69 Å². The van der Waals surface area contributed by atoms with E-state index in [4.69, 9.17) is 11.6 Å². The highest BCUT2D eigenvalue weighted by atomic mass is 79.9. The van der Waals surface area contributed by atoms with Crippen LogP contribution in [-0.2, 0) is 9.59 Å². The molecule has 2 amide bonds. The number of carbonyl (C=O) groups is 2. The lowest BCUT2D eigenvalue weighted by molar-refractivity contribution is -0.131. The number of amides is 2. The van der Waals surface area contributed by atoms with Crippen LogP contribution >= 0.6 is 27.5 Å². The van der Waals surface area contributed by atoms with Crippen LogP contribution in [0, 0.1) is 5.41 Å². The van der Waals surface area contributed by atoms with E-state index in [2.05, 4.69) is 26.6 Å². The Bertz CT molecular complexity index is 775. The molecule has 0 aromatic heterocycles. The van der Waals surface area contributed by atoms with Crippen LogP contribution in [0.2, 0.25) is 5.02 Å². The summed E-state index contributed by atoms with van der Waals surface area (Å²) < 4.78 is 0.777. The minimum atomic E-state index is -1.00. The molecule has 6 heteroatoms. The lowest BCUT2D eigenvalue weighted by Crippen LogP contribution is -2.35. The third-order valence-corrected chi connectivity index (χ3v) is 4.75. The summed E-state index contributed by atoms with van der Waals surface area (Å²) in [5.74, 6) is -0.590. The number of para-hydroxylation sites is 1. The zero-order valence-corrected chi connectivity index (χ0v) is 14.4. The van der Waals surface area contributed by atoms with E-state index < -0.39 is 5.41 Å². The molecule has 0 atom stereocenters. The molecule has 0 heterocycles. The summed E-state index contributed by atoms with van der Waals surface area (Å²) in [7, 11) is 0. The summed E-state index contributed by atoms with van der Waals surface area (Å²) >= 11 is 9.29. The van der Waals surface area contributed by atoms with Gasteiger partial charge in [-0.05, 0) is 59.1 Å². The van der Waals surface area contributed by atoms with Gasteiger partial charge in [-0.2, -0.15) is 0 Å². The van der Waals surface area contributed by atoms with Gasteiger partial charge in [0.2, 0.25) is 11.8 Å². The molecule has 1 aliphatic rings. The van der Waals surface area contributed by atoms with E-state index in [0.717, 1.165) is 4.47 Å². The first-order valence-electron chi connectivity index (χ1n) is 7.14. The third-order valence-electron chi connectivity index (χ3n) is 3.82. The van der Waals surface area contributed by atoms with Gasteiger partial charge in [0.15, 0.2) is 0 Å². The van der Waals surface area contributed by atoms with Crippen molar-refractivity contribution in [2.45, 2.75) is 12.8 Å². The minimum Gasteiger partial charge on any atom is -0.325 e. The molecule has 23 heavy (non-hydrogen) atoms. The highest BCUT2D eigenvalue weighted by Crippen LogP contribution is 2.47. The van der Waals surface area contributed by atoms with E-state index >= 15 is 0 Å². The first-order valence-corrected chi connectivity index (χ1v) is 8.31. The minimum absolute atomic E-state index is 0.288. The van der Waals surface area contributed by atoms with Crippen molar-refractivity contribution in [3.8, 4) is 0 Å². The van der Waals surface area contributed by atoms with Crippen LogP contribution < -0.4 is 10.6 Å². The van der Waals surface area contributed by atoms with Gasteiger partial charge in [-0.15, -0.1) is 0 Å². The van der Waals surface area contributed by atoms with E-state index in [1.54, 1.807) is 30.3 Å². The van der Waals surface area contributed by atoms with Crippen LogP contribution in [0.3, 0.4) is 0 Å². The average molecular weight is 394 g/mol. The van der Waals surface area contributed by atoms with Crippen LogP contribution in [0.5, 0.6) is 0 Å². The number of benzene rings is 2. The number of hydrogen-bond donors (Lipinski definition) is 2. The topological polar surface area (TPSA) is 58.2 Å². The van der Waals surface area contributed by atoms with Crippen LogP contribution in [0.4, 0.5) is 11.4 Å². The predicted octanol–water partition coefficient (Wildman–Crippen LogP) is 4.46. The Morgan fingerprint density at radius 1 is 1.00 bits per heavy atom. The Kier molecular flexibility index (Phi) is 4.41. The van der Waals surface area contributed by atoms with Gasteiger partial charge in [-0.3, -0.25) is 9.59 Å². The molecule has 0 radical (unpaired) electrons. The van der Waals surface area contributed by atoms with Gasteiger partial charge in [0.1, 0.15) is 5.41 Å². The first kappa shape index (κ1) is 16.0. The smallest absolute Gasteiger partial charge is 0.240 e. The lowest BCUT2D eigenvalue weighted by Gasteiger charge is -2.16. The highest BCUT2D eigenvalue weighted by Gasteiger charge is 2.56. The summed E-state index contributed by atoms with van der Waals surface area (Å²) in [6.45, 7) is 0. The van der Waals surface area contributed by atoms with Crippen LogP contribution in [-0.4, -0.2) is 11.8 Å². The fourth-order valence-electron chi connectivity index (χ4n) is 2.30. The molecular weight excluding hydrogens is 380 g/mol. The number of carbonyl (C=O) groups excluding carboxylic acids is 2. The van der Waals surface area contributed by atoms with E-state index in [1.165, 1.54) is 0 Å². The van der Waals surface area contributed by atoms with Gasteiger partial charge in [-0.25, -0.2) is 0 Å². The zero-order valence-electron chi connectivity index (χ0n) is 12.1. The number of rotatable bonds is 4. The lowest BCUT2D eigenvalue weighted by atomic mass is 10.0. The Morgan fingerprint density at radius 2 is 1.70 bits per heavy atom. The summed E-state index contributed by atoms with van der Waals surface area (Å²) in [6.07, 6.45) is 1.07. The fraction of sp³-hybridized carbons (Fsp3) is 0.176. The summed E-state index contributed by atoms with van der Waals surface area (Å²) in [6, 6.07) is 14.2. The third kappa shape index (κ3) is 3.41. The second-order valence-electron chi connectivity index (χ2n) is 5.48. The molecule has 3 rings (SSSR count). The first-order chi connectivity index (χ1) is 11.0. The Balaban J connectivity index is 1.72. The van der Waals surface area contributed by atoms with Crippen molar-refractivity contribution in [2.24, 2.45) is 5.41 Å². The molecular formula is C17H14BrClN2O2. The molecule has 0 unspecified atom stereocenters. The molecule has 0 aliphatic heterocycles. The van der Waals surface area contributed by atoms with E-state index in [9.17, 15) is 9.59 Å². The monoisotopic (exact) mass is 392 g/mol. The predicted molar refractivity (Wildman–Crippen MR) is 94.5 cm³/mol. The van der Waals surface area contributed by atoms with E-state index in [1.807, 2.05) is 18.2 Å². The number of halogens is 2. The van der Waals surface area contributed by atoms with E-state index in [0.29, 0.717) is 29.2 Å². The maximum atomic E-state index is 12.5. The molecule has 2 aromatic carbocycles. The average Bonchev–Trinajstić information content (AvgIpc) is 3.31. The van der Waals surface area contributed by atoms with Gasteiger partial charge in [0.25, 0.3) is 0 Å². The standard InChI is InChI=1S/C17H14BrClN2O2/c18-13-6-1-2-7-14(13)21-16(23)17(8-9-17)15(22)20-12-5-3-4-11(19)10-12/h1-7,10H,8-9H2,(H,20,22)(H,21,23). The van der Waals surface area contributed by atoms with Crippen molar-refractivity contribution >= 4 is 50.7 Å². The number of nitrogens with one attached hydrogen (secondary N) is 2. The molecule has 0 saturated heterocycles. The molecule has 0 bridgehead atoms. The van der Waals surface area contributed by atoms with Crippen LogP contribution in [0.25, 0.3) is 0 Å². The molecule has 1 fully saturated rings. The fourth-order valence-corrected chi connectivity index (χ4v) is 2.88. The zero-order chi connectivity index (χ0) is 16.4. The quantitative estimate of drug-likeness (QED) is 0.754. The van der Waals surface area contributed by atoms with Crippen molar-refractivity contribution in [3.63, 3.8) is 0 Å². The molecule has 2 N–H and O–H groups in total. The van der Waals surface area contributed by atoms with Gasteiger partial charge in [0, 0.05) is 15.2 Å². The molecule has 1 aliphatic carbocycles. The van der Waals surface area contributed by atoms with Gasteiger partial charge >= 0.3 is 0 Å². The van der Waals surface area contributed by atoms with E-state index in [-0.39, 0.29) is 11.8 Å².